The SMILES string of the molecule is CC(=O)NC1CC(c2nnc(COc3ccc(Cl)cc3C(C)=O)n2C)C1. The lowest BCUT2D eigenvalue weighted by Crippen LogP contribution is -2.43. The van der Waals surface area contributed by atoms with Gasteiger partial charge >= 0.3 is 0 Å². The second-order valence-electron chi connectivity index (χ2n) is 6.58. The van der Waals surface area contributed by atoms with Crippen LogP contribution in [0.25, 0.3) is 0 Å². The molecule has 7 nitrogen and oxygen atoms in total. The minimum absolute atomic E-state index is 0.00950. The first-order chi connectivity index (χ1) is 12.3. The molecule has 1 aliphatic rings. The Labute approximate surface area is 156 Å². The van der Waals surface area contributed by atoms with Crippen molar-refractivity contribution in [3.8, 4) is 5.75 Å². The van der Waals surface area contributed by atoms with Crippen LogP contribution in [0.4, 0.5) is 0 Å². The highest BCUT2D eigenvalue weighted by molar-refractivity contribution is 6.31. The van der Waals surface area contributed by atoms with Crippen molar-refractivity contribution in [3.63, 3.8) is 0 Å². The molecule has 0 unspecified atom stereocenters. The summed E-state index contributed by atoms with van der Waals surface area (Å²) in [7, 11) is 1.90. The fourth-order valence-electron chi connectivity index (χ4n) is 3.14. The Morgan fingerprint density at radius 2 is 2.04 bits per heavy atom. The molecule has 2 aromatic rings. The minimum Gasteiger partial charge on any atom is -0.485 e. The van der Waals surface area contributed by atoms with Gasteiger partial charge in [0, 0.05) is 31.0 Å². The molecule has 1 heterocycles. The highest BCUT2D eigenvalue weighted by Crippen LogP contribution is 2.36. The number of benzene rings is 1. The first-order valence-corrected chi connectivity index (χ1v) is 8.81. The summed E-state index contributed by atoms with van der Waals surface area (Å²) in [6.45, 7) is 3.20. The molecule has 0 radical (unpaired) electrons. The van der Waals surface area contributed by atoms with Gasteiger partial charge in [-0.25, -0.2) is 0 Å². The monoisotopic (exact) mass is 376 g/mol. The van der Waals surface area contributed by atoms with Crippen LogP contribution in [0.5, 0.6) is 5.75 Å². The summed E-state index contributed by atoms with van der Waals surface area (Å²) in [4.78, 5) is 22.8. The smallest absolute Gasteiger partial charge is 0.217 e. The molecule has 138 valence electrons. The average molecular weight is 377 g/mol. The molecule has 0 aliphatic heterocycles. The third-order valence-corrected chi connectivity index (χ3v) is 4.82. The molecular formula is C18H21ClN4O3. The fraction of sp³-hybridized carbons (Fsp3) is 0.444. The Morgan fingerprint density at radius 1 is 1.31 bits per heavy atom. The van der Waals surface area contributed by atoms with Crippen LogP contribution in [-0.2, 0) is 18.4 Å². The lowest BCUT2D eigenvalue weighted by molar-refractivity contribution is -0.120. The molecule has 1 aliphatic carbocycles. The van der Waals surface area contributed by atoms with Crippen LogP contribution < -0.4 is 10.1 Å². The predicted octanol–water partition coefficient (Wildman–Crippen LogP) is 2.63. The summed E-state index contributed by atoms with van der Waals surface area (Å²) in [5.74, 6) is 2.19. The Morgan fingerprint density at radius 3 is 2.69 bits per heavy atom. The van der Waals surface area contributed by atoms with Crippen LogP contribution in [-0.4, -0.2) is 32.5 Å². The van der Waals surface area contributed by atoms with Crippen molar-refractivity contribution >= 4 is 23.3 Å². The second-order valence-corrected chi connectivity index (χ2v) is 7.02. The minimum atomic E-state index is -0.111. The van der Waals surface area contributed by atoms with Gasteiger partial charge in [0.05, 0.1) is 5.56 Å². The van der Waals surface area contributed by atoms with E-state index in [1.54, 1.807) is 18.2 Å². The zero-order chi connectivity index (χ0) is 18.8. The first-order valence-electron chi connectivity index (χ1n) is 8.43. The van der Waals surface area contributed by atoms with Crippen LogP contribution in [0.3, 0.4) is 0 Å². The number of carbonyl (C=O) groups is 2. The van der Waals surface area contributed by atoms with Gasteiger partial charge in [0.1, 0.15) is 18.2 Å². The lowest BCUT2D eigenvalue weighted by Gasteiger charge is -2.34. The molecule has 26 heavy (non-hydrogen) atoms. The highest BCUT2D eigenvalue weighted by Gasteiger charge is 2.34. The Hall–Kier alpha value is -2.41. The number of hydrogen-bond acceptors (Lipinski definition) is 5. The van der Waals surface area contributed by atoms with E-state index in [-0.39, 0.29) is 30.3 Å². The van der Waals surface area contributed by atoms with E-state index in [1.165, 1.54) is 13.8 Å². The van der Waals surface area contributed by atoms with Gasteiger partial charge in [-0.3, -0.25) is 9.59 Å². The zero-order valence-corrected chi connectivity index (χ0v) is 15.7. The molecule has 8 heteroatoms. The van der Waals surface area contributed by atoms with Gasteiger partial charge < -0.3 is 14.6 Å². The maximum atomic E-state index is 11.7. The van der Waals surface area contributed by atoms with E-state index in [9.17, 15) is 9.59 Å². The van der Waals surface area contributed by atoms with Crippen molar-refractivity contribution in [2.24, 2.45) is 7.05 Å². The Balaban J connectivity index is 1.65. The summed E-state index contributed by atoms with van der Waals surface area (Å²) in [6, 6.07) is 5.17. The molecule has 1 fully saturated rings. The number of carbonyl (C=O) groups excluding carboxylic acids is 2. The number of rotatable bonds is 6. The van der Waals surface area contributed by atoms with Gasteiger partial charge in [0.15, 0.2) is 11.6 Å². The quantitative estimate of drug-likeness (QED) is 0.783. The normalized spacial score (nSPS) is 18.9. The van der Waals surface area contributed by atoms with Gasteiger partial charge in [-0.15, -0.1) is 10.2 Å². The summed E-state index contributed by atoms with van der Waals surface area (Å²) in [5, 5.41) is 11.9. The molecule has 3 rings (SSSR count). The molecule has 0 bridgehead atoms. The van der Waals surface area contributed by atoms with E-state index >= 15 is 0 Å². The van der Waals surface area contributed by atoms with E-state index in [4.69, 9.17) is 16.3 Å². The second kappa shape index (κ2) is 7.45. The van der Waals surface area contributed by atoms with Crippen LogP contribution >= 0.6 is 11.6 Å². The van der Waals surface area contributed by atoms with Gasteiger partial charge in [0.2, 0.25) is 5.91 Å². The number of halogens is 1. The van der Waals surface area contributed by atoms with Crippen molar-refractivity contribution < 1.29 is 14.3 Å². The van der Waals surface area contributed by atoms with E-state index in [1.807, 2.05) is 11.6 Å². The van der Waals surface area contributed by atoms with Gasteiger partial charge in [0.25, 0.3) is 0 Å². The van der Waals surface area contributed by atoms with Crippen molar-refractivity contribution in [3.05, 3.63) is 40.4 Å². The summed E-state index contributed by atoms with van der Waals surface area (Å²) in [6.07, 6.45) is 1.72. The Bertz CT molecular complexity index is 843. The van der Waals surface area contributed by atoms with E-state index < -0.39 is 0 Å². The number of Topliss-reactive ketones (excluding diaryl/α,β-unsaturated/α-hetero) is 1. The van der Waals surface area contributed by atoms with Crippen LogP contribution in [0.2, 0.25) is 5.02 Å². The maximum absolute atomic E-state index is 11.7. The van der Waals surface area contributed by atoms with E-state index in [2.05, 4.69) is 15.5 Å². The van der Waals surface area contributed by atoms with Crippen LogP contribution in [0.1, 0.15) is 54.6 Å². The number of ether oxygens (including phenoxy) is 1. The third kappa shape index (κ3) is 3.88. The number of amides is 1. The van der Waals surface area contributed by atoms with E-state index in [0.29, 0.717) is 22.2 Å². The average Bonchev–Trinajstić information content (AvgIpc) is 2.89. The summed E-state index contributed by atoms with van der Waals surface area (Å²) in [5.41, 5.74) is 0.442. The van der Waals surface area contributed by atoms with Crippen molar-refractivity contribution in [2.75, 3.05) is 0 Å². The number of nitrogens with one attached hydrogen (secondary N) is 1. The molecule has 0 spiro atoms. The molecule has 1 saturated carbocycles. The van der Waals surface area contributed by atoms with Gasteiger partial charge in [-0.1, -0.05) is 11.6 Å². The largest absolute Gasteiger partial charge is 0.485 e. The summed E-state index contributed by atoms with van der Waals surface area (Å²) >= 11 is 5.95. The molecular weight excluding hydrogens is 356 g/mol. The van der Waals surface area contributed by atoms with Crippen LogP contribution in [0.15, 0.2) is 18.2 Å². The number of aromatic nitrogens is 3. The number of nitrogens with zero attached hydrogens (tertiary/aromatic N) is 3. The van der Waals surface area contributed by atoms with Crippen molar-refractivity contribution in [1.82, 2.24) is 20.1 Å². The lowest BCUT2D eigenvalue weighted by atomic mass is 9.79. The van der Waals surface area contributed by atoms with Crippen molar-refractivity contribution in [2.45, 2.75) is 45.3 Å². The van der Waals surface area contributed by atoms with E-state index in [0.717, 1.165) is 18.7 Å². The highest BCUT2D eigenvalue weighted by atomic mass is 35.5. The molecule has 0 saturated heterocycles. The predicted molar refractivity (Wildman–Crippen MR) is 96.4 cm³/mol. The van der Waals surface area contributed by atoms with Gasteiger partial charge in [-0.05, 0) is 38.0 Å². The first kappa shape index (κ1) is 18.4. The van der Waals surface area contributed by atoms with Crippen LogP contribution in [0, 0.1) is 0 Å². The molecule has 1 aromatic heterocycles. The van der Waals surface area contributed by atoms with Crippen molar-refractivity contribution in [1.29, 1.82) is 0 Å². The van der Waals surface area contributed by atoms with Gasteiger partial charge in [-0.2, -0.15) is 0 Å². The molecule has 1 aromatic carbocycles. The number of hydrogen-bond donors (Lipinski definition) is 1. The summed E-state index contributed by atoms with van der Waals surface area (Å²) < 4.78 is 7.69. The maximum Gasteiger partial charge on any atom is 0.217 e. The third-order valence-electron chi connectivity index (χ3n) is 4.59. The topological polar surface area (TPSA) is 86.1 Å². The molecule has 1 N–H and O–H groups in total. The fourth-order valence-corrected chi connectivity index (χ4v) is 3.31. The zero-order valence-electron chi connectivity index (χ0n) is 15.0. The standard InChI is InChI=1S/C18H21ClN4O3/c1-10(24)15-8-13(19)4-5-16(15)26-9-17-21-22-18(23(17)3)12-6-14(7-12)20-11(2)25/h4-5,8,12,14H,6-7,9H2,1-3H3,(H,20,25). The number of ketones is 1. The molecule has 0 atom stereocenters. The molecule has 1 amide bonds. The Kier molecular flexibility index (Phi) is 5.27.